The minimum absolute atomic E-state index is 0. The van der Waals surface area contributed by atoms with Crippen LogP contribution in [-0.2, 0) is 0 Å². The van der Waals surface area contributed by atoms with Crippen molar-refractivity contribution in [2.75, 3.05) is 26.5 Å². The van der Waals surface area contributed by atoms with E-state index in [0.29, 0.717) is 6.42 Å². The summed E-state index contributed by atoms with van der Waals surface area (Å²) in [6.07, 6.45) is 2.85. The molecule has 0 N–H and O–H groups in total. The van der Waals surface area contributed by atoms with Crippen molar-refractivity contribution in [2.24, 2.45) is 0 Å². The molecule has 0 amide bonds. The first-order chi connectivity index (χ1) is 5.15. The molecule has 0 aliphatic carbocycles. The maximum atomic E-state index is 8.03. The molecule has 0 heterocycles. The Hall–Kier alpha value is 0.410. The molecular weight excluding hydrogens is 284 g/mol. The molecule has 4 heteroatoms. The molecule has 74 valence electrons. The van der Waals surface area contributed by atoms with E-state index in [1.165, 1.54) is 0 Å². The number of hydrogen-bond acceptors (Lipinski definition) is 2. The molecule has 0 radical (unpaired) electrons. The molecule has 0 spiro atoms. The summed E-state index contributed by atoms with van der Waals surface area (Å²) < 4.78 is 0. The predicted octanol–water partition coefficient (Wildman–Crippen LogP) is 2.83. The van der Waals surface area contributed by atoms with Gasteiger partial charge in [0, 0.05) is 11.8 Å². The maximum absolute atomic E-state index is 8.03. The van der Waals surface area contributed by atoms with Crippen LogP contribution in [0.2, 0.25) is 0 Å². The van der Waals surface area contributed by atoms with Crippen LogP contribution in [0.5, 0.6) is 0 Å². The van der Waals surface area contributed by atoms with E-state index < -0.39 is 0 Å². The Balaban J connectivity index is -0.000000142. The van der Waals surface area contributed by atoms with Crippen molar-refractivity contribution in [3.05, 3.63) is 0 Å². The van der Waals surface area contributed by atoms with Gasteiger partial charge in [0.15, 0.2) is 0 Å². The van der Waals surface area contributed by atoms with Crippen LogP contribution in [0, 0.1) is 11.3 Å². The second-order valence-corrected chi connectivity index (χ2v) is 3.44. The molecule has 0 aromatic heterocycles. The zero-order valence-electron chi connectivity index (χ0n) is 8.01. The first-order valence-corrected chi connectivity index (χ1v) is 4.81. The number of nitrogens with zero attached hydrogens (tertiary/aromatic N) is 2. The van der Waals surface area contributed by atoms with Crippen LogP contribution in [0.15, 0.2) is 0 Å². The van der Waals surface area contributed by atoms with E-state index >= 15 is 0 Å². The van der Waals surface area contributed by atoms with E-state index in [1.807, 2.05) is 26.0 Å². The van der Waals surface area contributed by atoms with E-state index in [2.05, 4.69) is 22.0 Å². The molecule has 0 saturated carbocycles. The molecule has 2 nitrogen and oxygen atoms in total. The molecule has 0 rings (SSSR count). The van der Waals surface area contributed by atoms with Gasteiger partial charge in [-0.3, -0.25) is 0 Å². The van der Waals surface area contributed by atoms with Gasteiger partial charge in [-0.2, -0.15) is 5.26 Å². The number of hydrogen-bond donors (Lipinski definition) is 0. The number of nitriles is 1. The predicted molar refractivity (Wildman–Crippen MR) is 63.2 cm³/mol. The smallest absolute Gasteiger partial charge is 0.0621 e. The average Bonchev–Trinajstić information content (AvgIpc) is 1.88. The first kappa shape index (κ1) is 18.2. The summed E-state index contributed by atoms with van der Waals surface area (Å²) in [5.41, 5.74) is 0. The summed E-state index contributed by atoms with van der Waals surface area (Å²) >= 11 is 3.27. The third-order valence-corrected chi connectivity index (χ3v) is 1.23. The normalized spacial score (nSPS) is 7.67. The van der Waals surface area contributed by atoms with Crippen LogP contribution in [0.3, 0.4) is 0 Å². The molecule has 12 heavy (non-hydrogen) atoms. The lowest BCUT2D eigenvalue weighted by atomic mass is 10.3. The van der Waals surface area contributed by atoms with Crippen LogP contribution in [0.4, 0.5) is 0 Å². The number of halogens is 2. The van der Waals surface area contributed by atoms with E-state index in [4.69, 9.17) is 5.26 Å². The quantitative estimate of drug-likeness (QED) is 0.592. The molecule has 0 atom stereocenters. The molecule has 0 unspecified atom stereocenters. The fourth-order valence-electron chi connectivity index (χ4n) is 0.299. The monoisotopic (exact) mass is 300 g/mol. The minimum Gasteiger partial charge on any atom is -0.312 e. The number of unbranched alkanes of at least 4 members (excludes halogenated alkanes) is 2. The Morgan fingerprint density at radius 3 is 1.92 bits per heavy atom. The van der Waals surface area contributed by atoms with Crippen molar-refractivity contribution in [3.8, 4) is 6.07 Å². The Bertz CT molecular complexity index is 97.0. The lowest BCUT2D eigenvalue weighted by Gasteiger charge is -1.90. The van der Waals surface area contributed by atoms with Gasteiger partial charge in [-0.05, 0) is 34.0 Å². The van der Waals surface area contributed by atoms with E-state index in [0.717, 1.165) is 18.2 Å². The lowest BCUT2D eigenvalue weighted by Crippen LogP contribution is -1.99. The highest BCUT2D eigenvalue weighted by molar-refractivity contribution is 9.09. The first-order valence-electron chi connectivity index (χ1n) is 3.69. The molecule has 0 fully saturated rings. The van der Waals surface area contributed by atoms with Gasteiger partial charge in [-0.1, -0.05) is 15.9 Å². The largest absolute Gasteiger partial charge is 0.312 e. The van der Waals surface area contributed by atoms with Crippen LogP contribution in [-0.4, -0.2) is 31.4 Å². The summed E-state index contributed by atoms with van der Waals surface area (Å²) in [6.45, 7) is 0. The summed E-state index contributed by atoms with van der Waals surface area (Å²) in [4.78, 5) is 2.00. The van der Waals surface area contributed by atoms with Crippen molar-refractivity contribution >= 4 is 32.9 Å². The molecule has 0 aromatic rings. The molecular formula is C8H18Br2N2. The summed E-state index contributed by atoms with van der Waals surface area (Å²) in [6, 6.07) is 2.08. The van der Waals surface area contributed by atoms with Gasteiger partial charge in [-0.25, -0.2) is 0 Å². The highest BCUT2D eigenvalue weighted by atomic mass is 79.9. The van der Waals surface area contributed by atoms with Crippen molar-refractivity contribution in [1.29, 1.82) is 5.26 Å². The summed E-state index contributed by atoms with van der Waals surface area (Å²) in [7, 11) is 6.00. The molecule has 0 saturated heterocycles. The van der Waals surface area contributed by atoms with E-state index in [9.17, 15) is 0 Å². The fourth-order valence-corrected chi connectivity index (χ4v) is 0.695. The fraction of sp³-hybridized carbons (Fsp3) is 0.875. The van der Waals surface area contributed by atoms with Gasteiger partial charge in [0.2, 0.25) is 0 Å². The van der Waals surface area contributed by atoms with Crippen molar-refractivity contribution in [1.82, 2.24) is 4.90 Å². The van der Waals surface area contributed by atoms with Crippen LogP contribution in [0.1, 0.15) is 19.3 Å². The average molecular weight is 302 g/mol. The molecule has 0 bridgehead atoms. The third kappa shape index (κ3) is 47.4. The van der Waals surface area contributed by atoms with Crippen molar-refractivity contribution in [3.63, 3.8) is 0 Å². The second kappa shape index (κ2) is 17.5. The highest BCUT2D eigenvalue weighted by Gasteiger charge is 1.80. The zero-order valence-corrected chi connectivity index (χ0v) is 11.3. The van der Waals surface area contributed by atoms with Crippen LogP contribution < -0.4 is 0 Å². The Morgan fingerprint density at radius 2 is 1.67 bits per heavy atom. The van der Waals surface area contributed by atoms with E-state index in [1.54, 1.807) is 0 Å². The lowest BCUT2D eigenvalue weighted by molar-refractivity contribution is 0.505. The van der Waals surface area contributed by atoms with Gasteiger partial charge in [0.25, 0.3) is 0 Å². The van der Waals surface area contributed by atoms with Gasteiger partial charge >= 0.3 is 0 Å². The zero-order chi connectivity index (χ0) is 9.11. The summed E-state index contributed by atoms with van der Waals surface area (Å²) in [5.74, 6) is 0. The summed E-state index contributed by atoms with van der Waals surface area (Å²) in [5, 5.41) is 9.05. The topological polar surface area (TPSA) is 27.0 Å². The highest BCUT2D eigenvalue weighted by Crippen LogP contribution is 1.95. The van der Waals surface area contributed by atoms with Crippen LogP contribution in [0.25, 0.3) is 0 Å². The van der Waals surface area contributed by atoms with Gasteiger partial charge in [0.05, 0.1) is 6.07 Å². The number of rotatable bonds is 3. The van der Waals surface area contributed by atoms with Gasteiger partial charge < -0.3 is 4.90 Å². The number of alkyl halides is 1. The molecule has 0 aromatic carbocycles. The van der Waals surface area contributed by atoms with Crippen LogP contribution >= 0.6 is 32.9 Å². The van der Waals surface area contributed by atoms with Gasteiger partial charge in [-0.15, -0.1) is 17.0 Å². The minimum atomic E-state index is 0. The standard InChI is InChI=1S/C5H8BrN.C3H9N.BrH/c6-4-2-1-3-5-7;1-4(2)3;/h1-4H2;1-3H3;1H. The molecule has 0 aliphatic rings. The Morgan fingerprint density at radius 1 is 1.25 bits per heavy atom. The maximum Gasteiger partial charge on any atom is 0.0621 e. The van der Waals surface area contributed by atoms with Gasteiger partial charge in [0.1, 0.15) is 0 Å². The third-order valence-electron chi connectivity index (χ3n) is 0.672. The van der Waals surface area contributed by atoms with Crippen molar-refractivity contribution < 1.29 is 0 Å². The second-order valence-electron chi connectivity index (χ2n) is 2.65. The van der Waals surface area contributed by atoms with E-state index in [-0.39, 0.29) is 17.0 Å². The SMILES string of the molecule is Br.CN(C)C.N#CCCCCBr. The van der Waals surface area contributed by atoms with Crippen molar-refractivity contribution in [2.45, 2.75) is 19.3 Å². The molecule has 0 aliphatic heterocycles. The Labute approximate surface area is 94.8 Å². The Kier molecular flexibility index (Phi) is 26.6.